The van der Waals surface area contributed by atoms with Gasteiger partial charge in [0.2, 0.25) is 17.7 Å². The smallest absolute Gasteiger partial charge is 0.249 e. The lowest BCUT2D eigenvalue weighted by Crippen LogP contribution is -2.58. The van der Waals surface area contributed by atoms with Crippen LogP contribution in [0.25, 0.3) is 0 Å². The molecule has 1 aromatic carbocycles. The zero-order valence-electron chi connectivity index (χ0n) is 23.6. The van der Waals surface area contributed by atoms with E-state index < -0.39 is 35.1 Å². The van der Waals surface area contributed by atoms with Crippen LogP contribution < -0.4 is 0 Å². The van der Waals surface area contributed by atoms with E-state index in [1.165, 1.54) is 4.90 Å². The number of rotatable bonds is 13. The van der Waals surface area contributed by atoms with E-state index in [1.54, 1.807) is 28.9 Å². The summed E-state index contributed by atoms with van der Waals surface area (Å²) in [5, 5.41) is 10.2. The Kier molecular flexibility index (Phi) is 8.66. The third-order valence-electron chi connectivity index (χ3n) is 8.89. The van der Waals surface area contributed by atoms with Crippen LogP contribution in [0.2, 0.25) is 0 Å². The summed E-state index contributed by atoms with van der Waals surface area (Å²) < 4.78 is 6.88. The molecule has 0 radical (unpaired) electrons. The molecule has 39 heavy (non-hydrogen) atoms. The van der Waals surface area contributed by atoms with Crippen molar-refractivity contribution in [3.63, 3.8) is 0 Å². The molecular weight excluding hydrogens is 494 g/mol. The summed E-state index contributed by atoms with van der Waals surface area (Å²) in [7, 11) is 0. The molecule has 3 aliphatic rings. The summed E-state index contributed by atoms with van der Waals surface area (Å²) in [5.41, 5.74) is -0.974. The van der Waals surface area contributed by atoms with Crippen LogP contribution >= 0.6 is 0 Å². The molecule has 212 valence electrons. The Labute approximate surface area is 232 Å². The van der Waals surface area contributed by atoms with Crippen molar-refractivity contribution in [2.45, 2.75) is 76.3 Å². The number of ether oxygens (including phenoxy) is 1. The Hall–Kier alpha value is -2.97. The van der Waals surface area contributed by atoms with E-state index in [4.69, 9.17) is 4.74 Å². The van der Waals surface area contributed by atoms with Crippen molar-refractivity contribution in [2.75, 3.05) is 26.2 Å². The molecule has 3 amide bonds. The molecule has 3 aliphatic heterocycles. The normalized spacial score (nSPS) is 29.7. The van der Waals surface area contributed by atoms with Gasteiger partial charge in [-0.3, -0.25) is 14.4 Å². The van der Waals surface area contributed by atoms with Crippen LogP contribution in [0.15, 0.2) is 55.6 Å². The van der Waals surface area contributed by atoms with Gasteiger partial charge in [0.1, 0.15) is 11.6 Å². The minimum Gasteiger partial charge on any atom is -0.394 e. The molecule has 8 heteroatoms. The first-order valence-electron chi connectivity index (χ1n) is 14.2. The predicted molar refractivity (Wildman–Crippen MR) is 149 cm³/mol. The molecule has 0 aliphatic carbocycles. The van der Waals surface area contributed by atoms with Crippen molar-refractivity contribution < 1.29 is 24.2 Å². The average Bonchev–Trinajstić information content (AvgIpc) is 3.55. The van der Waals surface area contributed by atoms with E-state index in [0.717, 1.165) is 12.0 Å². The number of aliphatic hydroxyl groups excluding tert-OH is 1. The molecule has 1 spiro atoms. The maximum Gasteiger partial charge on any atom is 0.249 e. The molecule has 3 heterocycles. The number of amides is 3. The molecule has 3 saturated heterocycles. The Morgan fingerprint density at radius 1 is 1.13 bits per heavy atom. The van der Waals surface area contributed by atoms with Gasteiger partial charge in [0.05, 0.1) is 30.1 Å². The molecular formula is C31H43N3O5. The van der Waals surface area contributed by atoms with E-state index >= 15 is 0 Å². The fraction of sp³-hybridized carbons (Fsp3) is 0.581. The number of nitrogens with zero attached hydrogens (tertiary/aromatic N) is 3. The van der Waals surface area contributed by atoms with Crippen molar-refractivity contribution in [2.24, 2.45) is 11.8 Å². The lowest BCUT2D eigenvalue weighted by molar-refractivity contribution is -0.157. The first-order valence-corrected chi connectivity index (χ1v) is 14.2. The molecule has 3 fully saturated rings. The third-order valence-corrected chi connectivity index (χ3v) is 8.89. The third kappa shape index (κ3) is 4.72. The number of likely N-dealkylation sites (tertiary alicyclic amines) is 1. The maximum absolute atomic E-state index is 14.5. The van der Waals surface area contributed by atoms with Gasteiger partial charge in [-0.15, -0.1) is 13.2 Å². The van der Waals surface area contributed by atoms with Gasteiger partial charge in [0.15, 0.2) is 0 Å². The summed E-state index contributed by atoms with van der Waals surface area (Å²) in [4.78, 5) is 47.9. The molecule has 2 unspecified atom stereocenters. The molecule has 4 rings (SSSR count). The molecule has 1 N–H and O–H groups in total. The van der Waals surface area contributed by atoms with Crippen molar-refractivity contribution in [1.29, 1.82) is 0 Å². The monoisotopic (exact) mass is 537 g/mol. The van der Waals surface area contributed by atoms with Crippen LogP contribution in [0.3, 0.4) is 0 Å². The van der Waals surface area contributed by atoms with Crippen LogP contribution in [0.1, 0.15) is 52.0 Å². The number of benzene rings is 1. The quantitative estimate of drug-likeness (QED) is 0.391. The van der Waals surface area contributed by atoms with Crippen molar-refractivity contribution >= 4 is 17.7 Å². The summed E-state index contributed by atoms with van der Waals surface area (Å²) in [6.45, 7) is 14.7. The molecule has 0 saturated carbocycles. The number of fused-ring (bicyclic) bond motifs is 1. The van der Waals surface area contributed by atoms with Crippen LogP contribution in [0, 0.1) is 11.8 Å². The summed E-state index contributed by atoms with van der Waals surface area (Å²) >= 11 is 0. The maximum atomic E-state index is 14.5. The number of carbonyl (C=O) groups is 3. The standard InChI is InChI=1S/C31H43N3O5/c1-6-17-32(18-7-2)27(36)24-25-28(37)34(22(5)21-35)26(31(25)16-15-30(24,9-4)39-31)29(38)33(19-8-3)20-23-13-11-10-12-14-23/h6,8,10-14,22,24-26,35H,1,3,7,9,15-21H2,2,4-5H3/t22-,24-,25+,26?,30+,31?/m1/s1. The fourth-order valence-electron chi connectivity index (χ4n) is 7.15. The number of hydrogen-bond acceptors (Lipinski definition) is 5. The zero-order valence-corrected chi connectivity index (χ0v) is 23.6. The van der Waals surface area contributed by atoms with Gasteiger partial charge in [-0.1, -0.05) is 56.3 Å². The highest BCUT2D eigenvalue weighted by Gasteiger charge is 2.79. The second kappa shape index (κ2) is 11.6. The van der Waals surface area contributed by atoms with E-state index in [-0.39, 0.29) is 24.3 Å². The highest BCUT2D eigenvalue weighted by molar-refractivity contribution is 5.99. The van der Waals surface area contributed by atoms with Crippen molar-refractivity contribution in [1.82, 2.24) is 14.7 Å². The molecule has 8 nitrogen and oxygen atoms in total. The lowest BCUT2D eigenvalue weighted by Gasteiger charge is -2.38. The zero-order chi connectivity index (χ0) is 28.4. The van der Waals surface area contributed by atoms with Gasteiger partial charge in [-0.25, -0.2) is 0 Å². The lowest BCUT2D eigenvalue weighted by atomic mass is 9.64. The minimum absolute atomic E-state index is 0.115. The van der Waals surface area contributed by atoms with Gasteiger partial charge in [0, 0.05) is 26.2 Å². The summed E-state index contributed by atoms with van der Waals surface area (Å²) in [5.74, 6) is -2.12. The molecule has 6 atom stereocenters. The summed E-state index contributed by atoms with van der Waals surface area (Å²) in [6.07, 6.45) is 5.84. The molecule has 0 aromatic heterocycles. The first kappa shape index (κ1) is 29.0. The van der Waals surface area contributed by atoms with Crippen LogP contribution in [0.5, 0.6) is 0 Å². The molecule has 2 bridgehead atoms. The Bertz CT molecular complexity index is 1090. The largest absolute Gasteiger partial charge is 0.394 e. The van der Waals surface area contributed by atoms with Gasteiger partial charge in [-0.05, 0) is 38.2 Å². The van der Waals surface area contributed by atoms with E-state index in [9.17, 15) is 19.5 Å². The minimum atomic E-state index is -1.13. The van der Waals surface area contributed by atoms with Crippen molar-refractivity contribution in [3.8, 4) is 0 Å². The first-order chi connectivity index (χ1) is 18.7. The van der Waals surface area contributed by atoms with Gasteiger partial charge in [-0.2, -0.15) is 0 Å². The summed E-state index contributed by atoms with van der Waals surface area (Å²) in [6, 6.07) is 8.14. The second-order valence-electron chi connectivity index (χ2n) is 11.2. The predicted octanol–water partition coefficient (Wildman–Crippen LogP) is 3.16. The van der Waals surface area contributed by atoms with E-state index in [1.807, 2.05) is 44.2 Å². The van der Waals surface area contributed by atoms with Gasteiger partial charge in [0.25, 0.3) is 0 Å². The van der Waals surface area contributed by atoms with Gasteiger partial charge < -0.3 is 24.5 Å². The van der Waals surface area contributed by atoms with Crippen LogP contribution in [0.4, 0.5) is 0 Å². The topological polar surface area (TPSA) is 90.4 Å². The van der Waals surface area contributed by atoms with E-state index in [2.05, 4.69) is 13.2 Å². The number of aliphatic hydroxyl groups is 1. The Morgan fingerprint density at radius 3 is 2.38 bits per heavy atom. The number of hydrogen-bond donors (Lipinski definition) is 1. The van der Waals surface area contributed by atoms with Crippen molar-refractivity contribution in [3.05, 3.63) is 61.2 Å². The fourth-order valence-corrected chi connectivity index (χ4v) is 7.15. The van der Waals surface area contributed by atoms with E-state index in [0.29, 0.717) is 45.4 Å². The average molecular weight is 538 g/mol. The second-order valence-corrected chi connectivity index (χ2v) is 11.2. The number of carbonyl (C=O) groups excluding carboxylic acids is 3. The highest BCUT2D eigenvalue weighted by Crippen LogP contribution is 2.65. The highest BCUT2D eigenvalue weighted by atomic mass is 16.5. The van der Waals surface area contributed by atoms with Gasteiger partial charge >= 0.3 is 0 Å². The Balaban J connectivity index is 1.79. The Morgan fingerprint density at radius 2 is 1.79 bits per heavy atom. The van der Waals surface area contributed by atoms with Crippen LogP contribution in [-0.2, 0) is 25.7 Å². The van der Waals surface area contributed by atoms with Crippen LogP contribution in [-0.4, -0.2) is 87.1 Å². The molecule has 1 aromatic rings. The SMILES string of the molecule is C=CCN(Cc1ccccc1)C(=O)C1N([C@H](C)CO)C(=O)[C@@H]2[C@H](C(=O)N(CC=C)CCC)[C@]3(CC)CCC12O3.